The van der Waals surface area contributed by atoms with Gasteiger partial charge in [-0.05, 0) is 31.4 Å². The predicted octanol–water partition coefficient (Wildman–Crippen LogP) is 3.38. The maximum absolute atomic E-state index is 12.2. The van der Waals surface area contributed by atoms with Crippen molar-refractivity contribution in [2.24, 2.45) is 0 Å². The van der Waals surface area contributed by atoms with E-state index >= 15 is 0 Å². The number of rotatable bonds is 2. The van der Waals surface area contributed by atoms with Crippen molar-refractivity contribution in [1.29, 1.82) is 0 Å². The number of carboxylic acids is 1. The number of benzene rings is 1. The second kappa shape index (κ2) is 5.89. The van der Waals surface area contributed by atoms with Crippen LogP contribution in [0, 0.1) is 6.92 Å². The molecule has 1 aromatic rings. The number of halogens is 2. The summed E-state index contributed by atoms with van der Waals surface area (Å²) >= 11 is 12.1. The number of aliphatic carboxylic acids is 1. The Kier molecular flexibility index (Phi) is 4.40. The van der Waals surface area contributed by atoms with Gasteiger partial charge in [0.05, 0.1) is 15.7 Å². The fraction of sp³-hybridized carbons (Fsp3) is 0.385. The van der Waals surface area contributed by atoms with E-state index in [0.717, 1.165) is 5.56 Å². The van der Waals surface area contributed by atoms with Crippen LogP contribution in [0.3, 0.4) is 0 Å². The standard InChI is InChI=1S/C13H14Cl2N2O3/c1-7-4-5-8(14)11(10(7)15)16-13(20)17-6-2-3-9(17)12(18)19/h4-5,9H,2-3,6H2,1H3,(H,16,20)(H,18,19). The van der Waals surface area contributed by atoms with Crippen LogP contribution in [0.25, 0.3) is 0 Å². The molecule has 1 aliphatic rings. The van der Waals surface area contributed by atoms with E-state index in [1.807, 2.05) is 0 Å². The molecule has 1 saturated heterocycles. The number of hydrogen-bond donors (Lipinski definition) is 2. The first kappa shape index (κ1) is 14.9. The van der Waals surface area contributed by atoms with Crippen LogP contribution in [-0.2, 0) is 4.79 Å². The zero-order valence-corrected chi connectivity index (χ0v) is 12.3. The average Bonchev–Trinajstić information content (AvgIpc) is 2.88. The van der Waals surface area contributed by atoms with Gasteiger partial charge < -0.3 is 15.3 Å². The number of likely N-dealkylation sites (tertiary alicyclic amines) is 1. The molecule has 1 fully saturated rings. The van der Waals surface area contributed by atoms with Gasteiger partial charge in [0.2, 0.25) is 0 Å². The highest BCUT2D eigenvalue weighted by Crippen LogP contribution is 2.33. The summed E-state index contributed by atoms with van der Waals surface area (Å²) in [5.74, 6) is -1.00. The first-order valence-corrected chi connectivity index (χ1v) is 6.92. The van der Waals surface area contributed by atoms with Crippen molar-refractivity contribution >= 4 is 40.9 Å². The minimum absolute atomic E-state index is 0.314. The molecule has 108 valence electrons. The third-order valence-corrected chi connectivity index (χ3v) is 4.12. The topological polar surface area (TPSA) is 69.6 Å². The molecule has 1 unspecified atom stereocenters. The summed E-state index contributed by atoms with van der Waals surface area (Å²) < 4.78 is 0. The number of amides is 2. The van der Waals surface area contributed by atoms with E-state index in [0.29, 0.717) is 35.1 Å². The molecule has 5 nitrogen and oxygen atoms in total. The third kappa shape index (κ3) is 2.83. The summed E-state index contributed by atoms with van der Waals surface area (Å²) in [6.45, 7) is 2.20. The normalized spacial score (nSPS) is 18.1. The van der Waals surface area contributed by atoms with Crippen LogP contribution in [-0.4, -0.2) is 34.6 Å². The van der Waals surface area contributed by atoms with Crippen LogP contribution in [0.4, 0.5) is 10.5 Å². The zero-order valence-electron chi connectivity index (χ0n) is 10.8. The molecule has 1 atom stereocenters. The molecular weight excluding hydrogens is 303 g/mol. The van der Waals surface area contributed by atoms with Crippen molar-refractivity contribution in [2.75, 3.05) is 11.9 Å². The molecule has 0 saturated carbocycles. The lowest BCUT2D eigenvalue weighted by Gasteiger charge is -2.22. The van der Waals surface area contributed by atoms with Gasteiger partial charge in [0.25, 0.3) is 0 Å². The van der Waals surface area contributed by atoms with Crippen LogP contribution >= 0.6 is 23.2 Å². The van der Waals surface area contributed by atoms with E-state index in [1.165, 1.54) is 4.90 Å². The Labute approximate surface area is 126 Å². The minimum atomic E-state index is -1.00. The van der Waals surface area contributed by atoms with Crippen molar-refractivity contribution in [3.8, 4) is 0 Å². The number of urea groups is 1. The first-order chi connectivity index (χ1) is 9.41. The molecule has 0 spiro atoms. The molecule has 20 heavy (non-hydrogen) atoms. The van der Waals surface area contributed by atoms with E-state index in [2.05, 4.69) is 5.32 Å². The molecule has 1 aromatic carbocycles. The molecule has 0 aromatic heterocycles. The lowest BCUT2D eigenvalue weighted by atomic mass is 10.2. The smallest absolute Gasteiger partial charge is 0.326 e. The van der Waals surface area contributed by atoms with Gasteiger partial charge in [0.1, 0.15) is 6.04 Å². The lowest BCUT2D eigenvalue weighted by Crippen LogP contribution is -2.42. The Morgan fingerprint density at radius 1 is 1.40 bits per heavy atom. The fourth-order valence-electron chi connectivity index (χ4n) is 2.22. The van der Waals surface area contributed by atoms with Gasteiger partial charge in [0, 0.05) is 6.54 Å². The number of nitrogens with zero attached hydrogens (tertiary/aromatic N) is 1. The van der Waals surface area contributed by atoms with Crippen LogP contribution < -0.4 is 5.32 Å². The van der Waals surface area contributed by atoms with Crippen LogP contribution in [0.1, 0.15) is 18.4 Å². The molecule has 0 aliphatic carbocycles. The van der Waals surface area contributed by atoms with E-state index in [-0.39, 0.29) is 0 Å². The molecule has 2 N–H and O–H groups in total. The van der Waals surface area contributed by atoms with Crippen molar-refractivity contribution in [3.63, 3.8) is 0 Å². The molecule has 0 radical (unpaired) electrons. The second-order valence-electron chi connectivity index (χ2n) is 4.67. The van der Waals surface area contributed by atoms with Gasteiger partial charge in [0.15, 0.2) is 0 Å². The molecule has 1 heterocycles. The third-order valence-electron chi connectivity index (χ3n) is 3.31. The number of carbonyl (C=O) groups excluding carboxylic acids is 1. The van der Waals surface area contributed by atoms with Crippen LogP contribution in [0.2, 0.25) is 10.0 Å². The molecule has 0 bridgehead atoms. The van der Waals surface area contributed by atoms with Crippen molar-refractivity contribution in [1.82, 2.24) is 4.90 Å². The van der Waals surface area contributed by atoms with E-state index in [9.17, 15) is 9.59 Å². The maximum Gasteiger partial charge on any atom is 0.326 e. The van der Waals surface area contributed by atoms with Crippen molar-refractivity contribution in [3.05, 3.63) is 27.7 Å². The summed E-state index contributed by atoms with van der Waals surface area (Å²) in [6.07, 6.45) is 1.12. The van der Waals surface area contributed by atoms with E-state index < -0.39 is 18.0 Å². The highest BCUT2D eigenvalue weighted by molar-refractivity contribution is 6.40. The van der Waals surface area contributed by atoms with E-state index in [4.69, 9.17) is 28.3 Å². The average molecular weight is 317 g/mol. The summed E-state index contributed by atoms with van der Waals surface area (Å²) in [6, 6.07) is 2.09. The van der Waals surface area contributed by atoms with Crippen LogP contribution in [0.5, 0.6) is 0 Å². The quantitative estimate of drug-likeness (QED) is 0.878. The largest absolute Gasteiger partial charge is 0.480 e. The summed E-state index contributed by atoms with van der Waals surface area (Å²) in [5, 5.41) is 12.4. The lowest BCUT2D eigenvalue weighted by molar-refractivity contribution is -0.141. The maximum atomic E-state index is 12.2. The van der Waals surface area contributed by atoms with Gasteiger partial charge >= 0.3 is 12.0 Å². The number of carbonyl (C=O) groups is 2. The molecule has 1 aliphatic heterocycles. The van der Waals surface area contributed by atoms with Gasteiger partial charge in [-0.2, -0.15) is 0 Å². The highest BCUT2D eigenvalue weighted by atomic mass is 35.5. The monoisotopic (exact) mass is 316 g/mol. The predicted molar refractivity (Wildman–Crippen MR) is 77.6 cm³/mol. The minimum Gasteiger partial charge on any atom is -0.480 e. The Morgan fingerprint density at radius 3 is 2.75 bits per heavy atom. The summed E-state index contributed by atoms with van der Waals surface area (Å²) in [5.41, 5.74) is 1.09. The van der Waals surface area contributed by atoms with Crippen LogP contribution in [0.15, 0.2) is 12.1 Å². The van der Waals surface area contributed by atoms with Gasteiger partial charge in [-0.1, -0.05) is 29.3 Å². The summed E-state index contributed by atoms with van der Waals surface area (Å²) in [4.78, 5) is 24.6. The molecule has 7 heteroatoms. The van der Waals surface area contributed by atoms with Gasteiger partial charge in [-0.15, -0.1) is 0 Å². The molecular formula is C13H14Cl2N2O3. The van der Waals surface area contributed by atoms with E-state index in [1.54, 1.807) is 19.1 Å². The summed E-state index contributed by atoms with van der Waals surface area (Å²) in [7, 11) is 0. The Balaban J connectivity index is 2.20. The second-order valence-corrected chi connectivity index (χ2v) is 5.46. The Hall–Kier alpha value is -1.46. The number of carboxylic acid groups (broad SMARTS) is 1. The van der Waals surface area contributed by atoms with Crippen molar-refractivity contribution < 1.29 is 14.7 Å². The molecule has 2 rings (SSSR count). The number of hydrogen-bond acceptors (Lipinski definition) is 2. The first-order valence-electron chi connectivity index (χ1n) is 6.17. The van der Waals surface area contributed by atoms with Crippen molar-refractivity contribution in [2.45, 2.75) is 25.8 Å². The molecule has 2 amide bonds. The zero-order chi connectivity index (χ0) is 14.9. The highest BCUT2D eigenvalue weighted by Gasteiger charge is 2.34. The fourth-order valence-corrected chi connectivity index (χ4v) is 2.68. The Morgan fingerprint density at radius 2 is 2.10 bits per heavy atom. The number of anilines is 1. The SMILES string of the molecule is Cc1ccc(Cl)c(NC(=O)N2CCCC2C(=O)O)c1Cl. The van der Waals surface area contributed by atoms with Gasteiger partial charge in [-0.25, -0.2) is 9.59 Å². The van der Waals surface area contributed by atoms with Gasteiger partial charge in [-0.3, -0.25) is 0 Å². The number of aryl methyl sites for hydroxylation is 1. The Bertz CT molecular complexity index is 563. The number of nitrogens with one attached hydrogen (secondary N) is 1.